The number of hydrogen-bond acceptors (Lipinski definition) is 3. The molecule has 7 heteroatoms. The Kier molecular flexibility index (Phi) is 5.20. The number of carbonyl (C=O) groups is 1. The maximum atomic E-state index is 12.4. The summed E-state index contributed by atoms with van der Waals surface area (Å²) in [7, 11) is -0.416. The second kappa shape index (κ2) is 6.76. The first kappa shape index (κ1) is 16.9. The molecule has 1 aromatic rings. The number of likely N-dealkylation sites (tertiary alicyclic amines) is 1. The van der Waals surface area contributed by atoms with Crippen LogP contribution in [-0.2, 0) is 10.2 Å². The number of benzene rings is 1. The summed E-state index contributed by atoms with van der Waals surface area (Å²) < 4.78 is 27.4. The molecule has 1 aromatic carbocycles. The highest BCUT2D eigenvalue weighted by molar-refractivity contribution is 7.87. The summed E-state index contributed by atoms with van der Waals surface area (Å²) in [5, 5.41) is 0. The van der Waals surface area contributed by atoms with Gasteiger partial charge in [0.25, 0.3) is 16.1 Å². The summed E-state index contributed by atoms with van der Waals surface area (Å²) in [6.45, 7) is 3.11. The minimum absolute atomic E-state index is 0.00826. The fourth-order valence-corrected chi connectivity index (χ4v) is 3.26. The molecule has 1 amide bonds. The van der Waals surface area contributed by atoms with Gasteiger partial charge in [-0.3, -0.25) is 4.79 Å². The molecule has 0 saturated carbocycles. The summed E-state index contributed by atoms with van der Waals surface area (Å²) in [5.74, 6) is 0.00826. The highest BCUT2D eigenvalue weighted by atomic mass is 32.2. The number of rotatable bonds is 4. The molecule has 1 fully saturated rings. The third kappa shape index (κ3) is 4.06. The molecule has 0 radical (unpaired) electrons. The van der Waals surface area contributed by atoms with Crippen molar-refractivity contribution in [2.75, 3.05) is 27.2 Å². The maximum Gasteiger partial charge on any atom is 0.279 e. The van der Waals surface area contributed by atoms with E-state index >= 15 is 0 Å². The van der Waals surface area contributed by atoms with Crippen molar-refractivity contribution in [3.05, 3.63) is 35.4 Å². The number of hydrogen-bond donors (Lipinski definition) is 1. The molecule has 0 unspecified atom stereocenters. The van der Waals surface area contributed by atoms with Crippen LogP contribution in [0.15, 0.2) is 24.3 Å². The minimum atomic E-state index is -3.41. The molecule has 1 saturated heterocycles. The number of piperidine rings is 1. The Morgan fingerprint density at radius 1 is 1.18 bits per heavy atom. The van der Waals surface area contributed by atoms with Crippen LogP contribution in [0.4, 0.5) is 0 Å². The van der Waals surface area contributed by atoms with E-state index in [4.69, 9.17) is 0 Å². The number of carbonyl (C=O) groups excluding carboxylic acids is 1. The Morgan fingerprint density at radius 3 is 2.23 bits per heavy atom. The number of nitrogens with one attached hydrogen (secondary N) is 1. The molecule has 1 aliphatic heterocycles. The molecule has 0 aromatic heterocycles. The molecule has 2 rings (SSSR count). The smallest absolute Gasteiger partial charge is 0.279 e. The first-order chi connectivity index (χ1) is 10.3. The van der Waals surface area contributed by atoms with E-state index in [0.29, 0.717) is 31.5 Å². The highest BCUT2D eigenvalue weighted by Crippen LogP contribution is 2.15. The SMILES string of the molecule is Cc1ccc(C(=O)N2CCC(NS(=O)(=O)N(C)C)CC2)cc1. The molecule has 0 spiro atoms. The third-order valence-electron chi connectivity index (χ3n) is 3.88. The monoisotopic (exact) mass is 325 g/mol. The second-order valence-electron chi connectivity index (χ2n) is 5.84. The maximum absolute atomic E-state index is 12.4. The van der Waals surface area contributed by atoms with Crippen LogP contribution in [0, 0.1) is 6.92 Å². The summed E-state index contributed by atoms with van der Waals surface area (Å²) in [5.41, 5.74) is 1.80. The minimum Gasteiger partial charge on any atom is -0.339 e. The van der Waals surface area contributed by atoms with E-state index in [1.165, 1.54) is 14.1 Å². The van der Waals surface area contributed by atoms with Gasteiger partial charge in [0.15, 0.2) is 0 Å². The van der Waals surface area contributed by atoms with E-state index < -0.39 is 10.2 Å². The van der Waals surface area contributed by atoms with E-state index in [-0.39, 0.29) is 11.9 Å². The molecule has 1 aliphatic rings. The van der Waals surface area contributed by atoms with E-state index in [2.05, 4.69) is 4.72 Å². The number of amides is 1. The lowest BCUT2D eigenvalue weighted by atomic mass is 10.0. The van der Waals surface area contributed by atoms with Gasteiger partial charge in [-0.25, -0.2) is 0 Å². The van der Waals surface area contributed by atoms with Crippen molar-refractivity contribution >= 4 is 16.1 Å². The van der Waals surface area contributed by atoms with E-state index in [1.807, 2.05) is 31.2 Å². The first-order valence-corrected chi connectivity index (χ1v) is 8.79. The number of aryl methyl sites for hydroxylation is 1. The van der Waals surface area contributed by atoms with Gasteiger partial charge in [-0.15, -0.1) is 0 Å². The van der Waals surface area contributed by atoms with E-state index in [1.54, 1.807) is 4.90 Å². The van der Waals surface area contributed by atoms with Crippen LogP contribution in [0.3, 0.4) is 0 Å². The summed E-state index contributed by atoms with van der Waals surface area (Å²) >= 11 is 0. The van der Waals surface area contributed by atoms with Crippen LogP contribution in [0.1, 0.15) is 28.8 Å². The van der Waals surface area contributed by atoms with Crippen molar-refractivity contribution in [1.82, 2.24) is 13.9 Å². The number of nitrogens with zero attached hydrogens (tertiary/aromatic N) is 2. The molecule has 6 nitrogen and oxygen atoms in total. The predicted octanol–water partition coefficient (Wildman–Crippen LogP) is 0.996. The van der Waals surface area contributed by atoms with Crippen LogP contribution >= 0.6 is 0 Å². The Labute approximate surface area is 132 Å². The van der Waals surface area contributed by atoms with Crippen LogP contribution < -0.4 is 4.72 Å². The van der Waals surface area contributed by atoms with Crippen LogP contribution in [0.5, 0.6) is 0 Å². The Hall–Kier alpha value is -1.44. The zero-order valence-electron chi connectivity index (χ0n) is 13.2. The molecule has 22 heavy (non-hydrogen) atoms. The summed E-state index contributed by atoms with van der Waals surface area (Å²) in [4.78, 5) is 14.2. The molecular weight excluding hydrogens is 302 g/mol. The van der Waals surface area contributed by atoms with Crippen molar-refractivity contribution in [2.24, 2.45) is 0 Å². The van der Waals surface area contributed by atoms with Crippen molar-refractivity contribution in [3.63, 3.8) is 0 Å². The van der Waals surface area contributed by atoms with Gasteiger partial charge in [0, 0.05) is 38.8 Å². The lowest BCUT2D eigenvalue weighted by Gasteiger charge is -2.32. The van der Waals surface area contributed by atoms with Crippen molar-refractivity contribution in [2.45, 2.75) is 25.8 Å². The molecular formula is C15H23N3O3S. The zero-order valence-corrected chi connectivity index (χ0v) is 14.1. The highest BCUT2D eigenvalue weighted by Gasteiger charge is 2.27. The molecule has 1 heterocycles. The molecule has 0 aliphatic carbocycles. The van der Waals surface area contributed by atoms with E-state index in [0.717, 1.165) is 9.87 Å². The second-order valence-corrected chi connectivity index (χ2v) is 7.75. The first-order valence-electron chi connectivity index (χ1n) is 7.35. The lowest BCUT2D eigenvalue weighted by molar-refractivity contribution is 0.0711. The lowest BCUT2D eigenvalue weighted by Crippen LogP contribution is -2.49. The van der Waals surface area contributed by atoms with Gasteiger partial charge in [0.05, 0.1) is 0 Å². The van der Waals surface area contributed by atoms with Gasteiger partial charge < -0.3 is 4.90 Å². The standard InChI is InChI=1S/C15H23N3O3S/c1-12-4-6-13(7-5-12)15(19)18-10-8-14(9-11-18)16-22(20,21)17(2)3/h4-7,14,16H,8-11H2,1-3H3. The van der Waals surface area contributed by atoms with Gasteiger partial charge in [-0.2, -0.15) is 17.4 Å². The zero-order chi connectivity index (χ0) is 16.3. The average molecular weight is 325 g/mol. The van der Waals surface area contributed by atoms with Gasteiger partial charge in [0.1, 0.15) is 0 Å². The summed E-state index contributed by atoms with van der Waals surface area (Å²) in [6, 6.07) is 7.39. The Balaban J connectivity index is 1.92. The fraction of sp³-hybridized carbons (Fsp3) is 0.533. The molecule has 1 N–H and O–H groups in total. The topological polar surface area (TPSA) is 69.7 Å². The van der Waals surface area contributed by atoms with Crippen molar-refractivity contribution in [3.8, 4) is 0 Å². The average Bonchev–Trinajstić information content (AvgIpc) is 2.47. The van der Waals surface area contributed by atoms with Gasteiger partial charge in [0.2, 0.25) is 0 Å². The van der Waals surface area contributed by atoms with Gasteiger partial charge >= 0.3 is 0 Å². The Morgan fingerprint density at radius 2 is 1.73 bits per heavy atom. The van der Waals surface area contributed by atoms with Gasteiger partial charge in [-0.05, 0) is 31.9 Å². The largest absolute Gasteiger partial charge is 0.339 e. The van der Waals surface area contributed by atoms with Crippen molar-refractivity contribution in [1.29, 1.82) is 0 Å². The quantitative estimate of drug-likeness (QED) is 0.898. The third-order valence-corrected chi connectivity index (χ3v) is 5.47. The van der Waals surface area contributed by atoms with Gasteiger partial charge in [-0.1, -0.05) is 17.7 Å². The molecule has 0 atom stereocenters. The van der Waals surface area contributed by atoms with Crippen LogP contribution in [0.25, 0.3) is 0 Å². The summed E-state index contributed by atoms with van der Waals surface area (Å²) in [6.07, 6.45) is 1.26. The normalized spacial score (nSPS) is 17.0. The van der Waals surface area contributed by atoms with Crippen LogP contribution in [0.2, 0.25) is 0 Å². The van der Waals surface area contributed by atoms with Crippen molar-refractivity contribution < 1.29 is 13.2 Å². The predicted molar refractivity (Wildman–Crippen MR) is 85.8 cm³/mol. The molecule has 122 valence electrons. The molecule has 0 bridgehead atoms. The van der Waals surface area contributed by atoms with Crippen LogP contribution in [-0.4, -0.2) is 56.8 Å². The Bertz CT molecular complexity index is 618. The fourth-order valence-electron chi connectivity index (χ4n) is 2.40. The van der Waals surface area contributed by atoms with E-state index in [9.17, 15) is 13.2 Å².